The lowest BCUT2D eigenvalue weighted by Gasteiger charge is -2.47. The number of ketones is 1. The van der Waals surface area contributed by atoms with Gasteiger partial charge in [0.25, 0.3) is 5.91 Å². The van der Waals surface area contributed by atoms with Crippen molar-refractivity contribution in [1.82, 2.24) is 5.32 Å². The van der Waals surface area contributed by atoms with Gasteiger partial charge >= 0.3 is 0 Å². The molecule has 3 aliphatic carbocycles. The molecule has 0 aromatic heterocycles. The Morgan fingerprint density at radius 2 is 1.79 bits per heavy atom. The van der Waals surface area contributed by atoms with Crippen molar-refractivity contribution in [3.63, 3.8) is 0 Å². The highest BCUT2D eigenvalue weighted by Crippen LogP contribution is 2.56. The summed E-state index contributed by atoms with van der Waals surface area (Å²) in [6.07, 6.45) is 0.429. The molecule has 0 fully saturated rings. The van der Waals surface area contributed by atoms with Gasteiger partial charge in [0.1, 0.15) is 22.8 Å². The van der Waals surface area contributed by atoms with Gasteiger partial charge in [0.05, 0.1) is 0 Å². The van der Waals surface area contributed by atoms with Gasteiger partial charge in [0.2, 0.25) is 0 Å². The fourth-order valence-corrected chi connectivity index (χ4v) is 6.20. The number of rotatable bonds is 5. The molecule has 5 rings (SSSR count). The van der Waals surface area contributed by atoms with E-state index in [-0.39, 0.29) is 24.5 Å². The fourth-order valence-electron chi connectivity index (χ4n) is 6.20. The molecule has 2 aromatic rings. The standard InChI is InChI=1S/C30H32N2O6/c1-14(2)32-13-16-4-6-17(7-5-16)20-8-9-22(33)25-15(3)24-18(11-21(20)25)10-19-12-23(34)26(29(31)37)28(36)30(19,38)27(24)35/h4-9,14,18-19,32-33,35-36,38H,3,10-13H2,1-2H3,(H2,31,37)/t18?,19-,30-/m0/s1. The molecule has 0 saturated heterocycles. The summed E-state index contributed by atoms with van der Waals surface area (Å²) in [6, 6.07) is 12.0. The third-order valence-corrected chi connectivity index (χ3v) is 8.09. The molecule has 8 heteroatoms. The second kappa shape index (κ2) is 9.15. The number of aliphatic hydroxyl groups excluding tert-OH is 2. The third kappa shape index (κ3) is 3.83. The zero-order chi connectivity index (χ0) is 27.5. The van der Waals surface area contributed by atoms with Crippen LogP contribution in [0.3, 0.4) is 0 Å². The summed E-state index contributed by atoms with van der Waals surface area (Å²) < 4.78 is 0. The molecule has 7 N–H and O–H groups in total. The average Bonchev–Trinajstić information content (AvgIpc) is 2.85. The fraction of sp³-hybridized carbons (Fsp3) is 0.333. The molecule has 0 bridgehead atoms. The zero-order valence-corrected chi connectivity index (χ0v) is 21.4. The van der Waals surface area contributed by atoms with E-state index >= 15 is 0 Å². The number of fused-ring (bicyclic) bond motifs is 3. The summed E-state index contributed by atoms with van der Waals surface area (Å²) in [5, 5.41) is 47.8. The number of amides is 1. The lowest BCUT2D eigenvalue weighted by Crippen LogP contribution is -2.53. The van der Waals surface area contributed by atoms with Gasteiger partial charge in [-0.15, -0.1) is 0 Å². The molecule has 0 aliphatic heterocycles. The summed E-state index contributed by atoms with van der Waals surface area (Å²) >= 11 is 0. The van der Waals surface area contributed by atoms with Crippen molar-refractivity contribution in [1.29, 1.82) is 0 Å². The molecule has 3 aliphatic rings. The molecule has 0 radical (unpaired) electrons. The van der Waals surface area contributed by atoms with Crippen molar-refractivity contribution in [2.75, 3.05) is 0 Å². The van der Waals surface area contributed by atoms with E-state index in [1.54, 1.807) is 6.07 Å². The van der Waals surface area contributed by atoms with Gasteiger partial charge in [0, 0.05) is 36.1 Å². The number of allylic oxidation sites excluding steroid dienone is 2. The Morgan fingerprint density at radius 3 is 2.42 bits per heavy atom. The van der Waals surface area contributed by atoms with Crippen LogP contribution in [0.1, 0.15) is 43.4 Å². The number of carbonyl (C=O) groups is 2. The lowest BCUT2D eigenvalue weighted by molar-refractivity contribution is -0.128. The molecule has 0 spiro atoms. The highest BCUT2D eigenvalue weighted by molar-refractivity contribution is 6.20. The minimum atomic E-state index is -2.34. The van der Waals surface area contributed by atoms with Gasteiger partial charge in [-0.1, -0.05) is 50.8 Å². The Balaban J connectivity index is 1.60. The van der Waals surface area contributed by atoms with Crippen molar-refractivity contribution in [2.24, 2.45) is 17.6 Å². The maximum Gasteiger partial charge on any atom is 0.255 e. The average molecular weight is 517 g/mol. The van der Waals surface area contributed by atoms with E-state index in [4.69, 9.17) is 5.73 Å². The van der Waals surface area contributed by atoms with Gasteiger partial charge in [-0.3, -0.25) is 9.59 Å². The maximum absolute atomic E-state index is 12.6. The summed E-state index contributed by atoms with van der Waals surface area (Å²) in [5.74, 6) is -4.53. The number of carbonyl (C=O) groups excluding carboxylic acids is 2. The molecule has 0 saturated carbocycles. The van der Waals surface area contributed by atoms with Crippen LogP contribution in [0.15, 0.2) is 65.6 Å². The van der Waals surface area contributed by atoms with Gasteiger partial charge in [-0.05, 0) is 52.7 Å². The molecule has 198 valence electrons. The number of phenols is 1. The van der Waals surface area contributed by atoms with Gasteiger partial charge in [-0.25, -0.2) is 0 Å². The second-order valence-corrected chi connectivity index (χ2v) is 10.8. The number of Topliss-reactive ketones (excluding diaryl/α,β-unsaturated/α-hetero) is 1. The number of aromatic hydroxyl groups is 1. The predicted molar refractivity (Wildman–Crippen MR) is 143 cm³/mol. The molecule has 0 heterocycles. The van der Waals surface area contributed by atoms with Crippen LogP contribution in [0.25, 0.3) is 16.7 Å². The Bertz CT molecular complexity index is 1440. The number of benzene rings is 2. The van der Waals surface area contributed by atoms with Crippen LogP contribution in [0.5, 0.6) is 5.75 Å². The van der Waals surface area contributed by atoms with Gasteiger partial charge in [-0.2, -0.15) is 0 Å². The zero-order valence-electron chi connectivity index (χ0n) is 21.4. The minimum Gasteiger partial charge on any atom is -0.508 e. The van der Waals surface area contributed by atoms with Gasteiger partial charge < -0.3 is 31.5 Å². The van der Waals surface area contributed by atoms with E-state index in [9.17, 15) is 30.0 Å². The number of primary amides is 1. The molecule has 1 amide bonds. The second-order valence-electron chi connectivity index (χ2n) is 10.8. The summed E-state index contributed by atoms with van der Waals surface area (Å²) in [4.78, 5) is 24.4. The van der Waals surface area contributed by atoms with E-state index < -0.39 is 40.3 Å². The van der Waals surface area contributed by atoms with E-state index in [0.717, 1.165) is 28.8 Å². The van der Waals surface area contributed by atoms with Crippen LogP contribution in [-0.4, -0.2) is 43.8 Å². The van der Waals surface area contributed by atoms with E-state index in [1.807, 2.05) is 18.2 Å². The van der Waals surface area contributed by atoms with Gasteiger partial charge in [0.15, 0.2) is 11.4 Å². The normalized spacial score (nSPS) is 24.8. The van der Waals surface area contributed by atoms with Crippen LogP contribution in [0.2, 0.25) is 0 Å². The number of phenolic OH excluding ortho intramolecular Hbond substituents is 1. The number of nitrogens with two attached hydrogens (primary N) is 1. The molecular weight excluding hydrogens is 484 g/mol. The van der Waals surface area contributed by atoms with Crippen LogP contribution in [0.4, 0.5) is 0 Å². The first-order chi connectivity index (χ1) is 17.9. The van der Waals surface area contributed by atoms with Crippen molar-refractivity contribution >= 4 is 17.3 Å². The SMILES string of the molecule is C=C1C2=C(O)[C@]3(O)C(O)=C(C(N)=O)C(=O)C[C@@H]3CC2Cc2c(-c3ccc(CNC(C)C)cc3)ccc(O)c21. The number of aliphatic hydroxyl groups is 3. The predicted octanol–water partition coefficient (Wildman–Crippen LogP) is 3.58. The van der Waals surface area contributed by atoms with Crippen LogP contribution < -0.4 is 11.1 Å². The van der Waals surface area contributed by atoms with E-state index in [1.165, 1.54) is 0 Å². The first-order valence-corrected chi connectivity index (χ1v) is 12.7. The number of nitrogens with one attached hydrogen (secondary N) is 1. The third-order valence-electron chi connectivity index (χ3n) is 8.09. The Morgan fingerprint density at radius 1 is 1.11 bits per heavy atom. The van der Waals surface area contributed by atoms with E-state index in [2.05, 4.69) is 37.9 Å². The monoisotopic (exact) mass is 516 g/mol. The molecule has 1 unspecified atom stereocenters. The first-order valence-electron chi connectivity index (χ1n) is 12.7. The van der Waals surface area contributed by atoms with Crippen molar-refractivity contribution in [3.8, 4) is 16.9 Å². The largest absolute Gasteiger partial charge is 0.508 e. The number of hydrogen-bond acceptors (Lipinski definition) is 7. The topological polar surface area (TPSA) is 153 Å². The summed E-state index contributed by atoms with van der Waals surface area (Å²) in [6.45, 7) is 9.08. The molecular formula is C30H32N2O6. The molecule has 3 atom stereocenters. The van der Waals surface area contributed by atoms with Crippen molar-refractivity contribution in [2.45, 2.75) is 51.3 Å². The van der Waals surface area contributed by atoms with Crippen LogP contribution >= 0.6 is 0 Å². The van der Waals surface area contributed by atoms with Crippen molar-refractivity contribution < 1.29 is 30.0 Å². The minimum absolute atomic E-state index is 0.0178. The molecule has 38 heavy (non-hydrogen) atoms. The Labute approximate surface area is 220 Å². The molecule has 8 nitrogen and oxygen atoms in total. The summed E-state index contributed by atoms with van der Waals surface area (Å²) in [7, 11) is 0. The molecule has 2 aromatic carbocycles. The quantitative estimate of drug-likeness (QED) is 0.332. The van der Waals surface area contributed by atoms with Crippen molar-refractivity contribution in [3.05, 3.63) is 82.3 Å². The first kappa shape index (κ1) is 25.8. The Hall–Kier alpha value is -3.88. The Kier molecular flexibility index (Phi) is 6.20. The van der Waals surface area contributed by atoms with Crippen LogP contribution in [0, 0.1) is 11.8 Å². The van der Waals surface area contributed by atoms with Crippen LogP contribution in [-0.2, 0) is 22.6 Å². The lowest BCUT2D eigenvalue weighted by atomic mass is 9.60. The number of hydrogen-bond donors (Lipinski definition) is 6. The highest BCUT2D eigenvalue weighted by Gasteiger charge is 2.57. The highest BCUT2D eigenvalue weighted by atomic mass is 16.4. The smallest absolute Gasteiger partial charge is 0.255 e. The van der Waals surface area contributed by atoms with E-state index in [0.29, 0.717) is 29.2 Å². The maximum atomic E-state index is 12.6. The summed E-state index contributed by atoms with van der Waals surface area (Å²) in [5.41, 5.74) is 7.21.